The predicted octanol–water partition coefficient (Wildman–Crippen LogP) is 3.94. The lowest BCUT2D eigenvalue weighted by Gasteiger charge is -2.25. The van der Waals surface area contributed by atoms with Crippen LogP contribution < -0.4 is 29.1 Å². The van der Waals surface area contributed by atoms with Crippen LogP contribution in [0.1, 0.15) is 42.4 Å². The zero-order valence-electron chi connectivity index (χ0n) is 23.4. The number of nitrogens with zero attached hydrogens (tertiary/aromatic N) is 3. The van der Waals surface area contributed by atoms with Gasteiger partial charge >= 0.3 is 5.97 Å². The van der Waals surface area contributed by atoms with Crippen LogP contribution in [0.5, 0.6) is 17.2 Å². The van der Waals surface area contributed by atoms with Crippen molar-refractivity contribution in [2.24, 2.45) is 4.99 Å². The summed E-state index contributed by atoms with van der Waals surface area (Å²) in [7, 11) is 1.58. The number of esters is 1. The number of rotatable bonds is 6. The number of aryl methyl sites for hydroxylation is 1. The summed E-state index contributed by atoms with van der Waals surface area (Å²) in [5.74, 6) is 1.55. The second-order valence-electron chi connectivity index (χ2n) is 9.78. The quantitative estimate of drug-likeness (QED) is 0.326. The Kier molecular flexibility index (Phi) is 6.78. The van der Waals surface area contributed by atoms with Gasteiger partial charge in [-0.2, -0.15) is 0 Å². The highest BCUT2D eigenvalue weighted by atomic mass is 32.1. The molecule has 0 saturated carbocycles. The van der Waals surface area contributed by atoms with Crippen LogP contribution in [0.2, 0.25) is 0 Å². The van der Waals surface area contributed by atoms with Gasteiger partial charge in [-0.15, -0.1) is 0 Å². The van der Waals surface area contributed by atoms with Gasteiger partial charge in [0.25, 0.3) is 5.56 Å². The van der Waals surface area contributed by atoms with E-state index in [1.54, 1.807) is 25.5 Å². The van der Waals surface area contributed by atoms with Crippen molar-refractivity contribution in [2.75, 3.05) is 20.5 Å². The van der Waals surface area contributed by atoms with E-state index in [1.807, 2.05) is 68.5 Å². The molecule has 2 aromatic heterocycles. The second-order valence-corrected chi connectivity index (χ2v) is 10.8. The number of aromatic nitrogens is 2. The summed E-state index contributed by atoms with van der Waals surface area (Å²) in [4.78, 5) is 32.4. The van der Waals surface area contributed by atoms with Crippen LogP contribution in [0.15, 0.2) is 69.6 Å². The Morgan fingerprint density at radius 1 is 1.12 bits per heavy atom. The third-order valence-electron chi connectivity index (χ3n) is 7.30. The summed E-state index contributed by atoms with van der Waals surface area (Å²) >= 11 is 1.30. The molecule has 0 spiro atoms. The lowest BCUT2D eigenvalue weighted by Crippen LogP contribution is -2.39. The largest absolute Gasteiger partial charge is 0.497 e. The average Bonchev–Trinajstić information content (AvgIpc) is 3.63. The molecule has 210 valence electrons. The number of methoxy groups -OCH3 is 1. The molecule has 2 aliphatic rings. The van der Waals surface area contributed by atoms with E-state index in [0.717, 1.165) is 34.0 Å². The SMILES string of the molecule is CCOC(=O)C1=C(C)N=c2s/c(=C/c3cc(C)n(-c4ccc5c(c4)OCO5)c3C)c(=O)n2[C@@H]1c1cccc(OC)c1. The third-order valence-corrected chi connectivity index (χ3v) is 8.28. The number of hydrogen-bond donors (Lipinski definition) is 0. The average molecular weight is 572 g/mol. The summed E-state index contributed by atoms with van der Waals surface area (Å²) in [5, 5.41) is 0. The van der Waals surface area contributed by atoms with Crippen LogP contribution in [-0.4, -0.2) is 35.6 Å². The summed E-state index contributed by atoms with van der Waals surface area (Å²) in [6.07, 6.45) is 1.89. The second kappa shape index (κ2) is 10.4. The monoisotopic (exact) mass is 571 g/mol. The molecule has 6 rings (SSSR count). The van der Waals surface area contributed by atoms with Gasteiger partial charge in [0.05, 0.1) is 35.6 Å². The molecule has 0 bridgehead atoms. The van der Waals surface area contributed by atoms with Gasteiger partial charge in [0.2, 0.25) is 6.79 Å². The number of ether oxygens (including phenoxy) is 4. The molecule has 2 aromatic carbocycles. The molecule has 4 aromatic rings. The van der Waals surface area contributed by atoms with Gasteiger partial charge in [-0.05, 0) is 75.2 Å². The Bertz CT molecular complexity index is 1910. The lowest BCUT2D eigenvalue weighted by molar-refractivity contribution is -0.139. The molecule has 4 heterocycles. The maximum atomic E-state index is 14.0. The van der Waals surface area contributed by atoms with Gasteiger partial charge in [0.1, 0.15) is 5.75 Å². The van der Waals surface area contributed by atoms with Gasteiger partial charge in [-0.1, -0.05) is 23.5 Å². The normalized spacial score (nSPS) is 16.0. The van der Waals surface area contributed by atoms with E-state index in [-0.39, 0.29) is 19.0 Å². The molecule has 10 heteroatoms. The highest BCUT2D eigenvalue weighted by molar-refractivity contribution is 7.07. The minimum Gasteiger partial charge on any atom is -0.497 e. The van der Waals surface area contributed by atoms with Crippen LogP contribution in [0.25, 0.3) is 11.8 Å². The molecular weight excluding hydrogens is 542 g/mol. The molecule has 0 aliphatic carbocycles. The van der Waals surface area contributed by atoms with Gasteiger partial charge < -0.3 is 23.5 Å². The molecule has 0 saturated heterocycles. The fourth-order valence-corrected chi connectivity index (χ4v) is 6.45. The Morgan fingerprint density at radius 3 is 2.71 bits per heavy atom. The molecule has 0 unspecified atom stereocenters. The van der Waals surface area contributed by atoms with E-state index in [9.17, 15) is 9.59 Å². The lowest BCUT2D eigenvalue weighted by atomic mass is 9.95. The van der Waals surface area contributed by atoms with Crippen LogP contribution in [0, 0.1) is 13.8 Å². The first-order chi connectivity index (χ1) is 19.8. The smallest absolute Gasteiger partial charge is 0.338 e. The van der Waals surface area contributed by atoms with E-state index in [2.05, 4.69) is 9.56 Å². The van der Waals surface area contributed by atoms with Crippen LogP contribution >= 0.6 is 11.3 Å². The maximum absolute atomic E-state index is 14.0. The maximum Gasteiger partial charge on any atom is 0.338 e. The van der Waals surface area contributed by atoms with Gasteiger partial charge in [-0.25, -0.2) is 9.79 Å². The topological polar surface area (TPSA) is 93.3 Å². The van der Waals surface area contributed by atoms with Gasteiger partial charge in [-0.3, -0.25) is 9.36 Å². The predicted molar refractivity (Wildman–Crippen MR) is 155 cm³/mol. The van der Waals surface area contributed by atoms with E-state index in [0.29, 0.717) is 32.1 Å². The molecule has 9 nitrogen and oxygen atoms in total. The van der Waals surface area contributed by atoms with Crippen molar-refractivity contribution in [1.29, 1.82) is 0 Å². The summed E-state index contributed by atoms with van der Waals surface area (Å²) in [6.45, 7) is 7.99. The number of carbonyl (C=O) groups excluding carboxylic acids is 1. The van der Waals surface area contributed by atoms with Crippen molar-refractivity contribution in [1.82, 2.24) is 9.13 Å². The molecule has 0 fully saturated rings. The minimum atomic E-state index is -0.705. The first kappa shape index (κ1) is 26.6. The zero-order valence-corrected chi connectivity index (χ0v) is 24.2. The van der Waals surface area contributed by atoms with Crippen LogP contribution in [0.4, 0.5) is 0 Å². The number of hydrogen-bond acceptors (Lipinski definition) is 8. The first-order valence-electron chi connectivity index (χ1n) is 13.2. The summed E-state index contributed by atoms with van der Waals surface area (Å²) in [5.41, 5.74) is 5.18. The van der Waals surface area contributed by atoms with E-state index < -0.39 is 12.0 Å². The summed E-state index contributed by atoms with van der Waals surface area (Å²) < 4.78 is 26.1. The molecule has 0 amide bonds. The zero-order chi connectivity index (χ0) is 28.8. The highest BCUT2D eigenvalue weighted by Gasteiger charge is 2.33. The number of carbonyl (C=O) groups is 1. The Morgan fingerprint density at radius 2 is 1.93 bits per heavy atom. The van der Waals surface area contributed by atoms with E-state index in [4.69, 9.17) is 18.9 Å². The van der Waals surface area contributed by atoms with Crippen molar-refractivity contribution < 1.29 is 23.7 Å². The van der Waals surface area contributed by atoms with Crippen molar-refractivity contribution in [3.05, 3.63) is 102 Å². The minimum absolute atomic E-state index is 0.211. The van der Waals surface area contributed by atoms with Crippen LogP contribution in [0.3, 0.4) is 0 Å². The summed E-state index contributed by atoms with van der Waals surface area (Å²) in [6, 6.07) is 14.6. The number of allylic oxidation sites excluding steroid dienone is 1. The van der Waals surface area contributed by atoms with Gasteiger partial charge in [0, 0.05) is 23.1 Å². The molecule has 0 N–H and O–H groups in total. The van der Waals surface area contributed by atoms with Crippen molar-refractivity contribution in [3.8, 4) is 22.9 Å². The Hall–Kier alpha value is -4.57. The molecule has 41 heavy (non-hydrogen) atoms. The molecular formula is C31H29N3O6S. The molecule has 2 aliphatic heterocycles. The standard InChI is InChI=1S/C31H29N3O6S/c1-6-38-30(36)27-18(3)32-31-34(28(27)20-8-7-9-23(13-20)37-5)29(35)26(41-31)14-21-12-17(2)33(19(21)4)22-10-11-24-25(15-22)40-16-39-24/h7-15,28H,6,16H2,1-5H3/b26-14+/t28-/m1/s1. The van der Waals surface area contributed by atoms with E-state index >= 15 is 0 Å². The first-order valence-corrected chi connectivity index (χ1v) is 14.0. The van der Waals surface area contributed by atoms with Crippen molar-refractivity contribution in [2.45, 2.75) is 33.7 Å². The van der Waals surface area contributed by atoms with Crippen LogP contribution in [-0.2, 0) is 9.53 Å². The Balaban J connectivity index is 1.50. The molecule has 1 atom stereocenters. The number of fused-ring (bicyclic) bond motifs is 2. The fourth-order valence-electron chi connectivity index (χ4n) is 5.42. The number of benzene rings is 2. The van der Waals surface area contributed by atoms with Gasteiger partial charge in [0.15, 0.2) is 16.3 Å². The Labute approximate surface area is 240 Å². The fraction of sp³-hybridized carbons (Fsp3) is 0.258. The van der Waals surface area contributed by atoms with E-state index in [1.165, 1.54) is 11.3 Å². The molecule has 0 radical (unpaired) electrons. The third kappa shape index (κ3) is 4.54. The highest BCUT2D eigenvalue weighted by Crippen LogP contribution is 2.35. The van der Waals surface area contributed by atoms with Crippen molar-refractivity contribution >= 4 is 23.4 Å². The van der Waals surface area contributed by atoms with Crippen molar-refractivity contribution in [3.63, 3.8) is 0 Å². The number of thiazole rings is 1.